The maximum atomic E-state index is 12.7. The molecule has 2 rings (SSSR count). The number of rotatable bonds is 29. The highest BCUT2D eigenvalue weighted by molar-refractivity contribution is 5.69. The number of carbonyl (C=O) groups is 1. The average molecular weight is 622 g/mol. The Bertz CT molecular complexity index is 765. The Hall–Kier alpha value is -1.48. The summed E-state index contributed by atoms with van der Waals surface area (Å²) in [7, 11) is 0. The summed E-state index contributed by atoms with van der Waals surface area (Å²) < 4.78 is 20.0. The number of piperidine rings is 1. The quantitative estimate of drug-likeness (QED) is 0.0552. The molecule has 0 aliphatic carbocycles. The summed E-state index contributed by atoms with van der Waals surface area (Å²) in [5, 5.41) is 9.80. The van der Waals surface area contributed by atoms with Gasteiger partial charge in [0.25, 0.3) is 0 Å². The van der Waals surface area contributed by atoms with Crippen LogP contribution >= 0.6 is 0 Å². The van der Waals surface area contributed by atoms with Crippen LogP contribution in [0.1, 0.15) is 142 Å². The van der Waals surface area contributed by atoms with Crippen LogP contribution < -0.4 is 0 Å². The van der Waals surface area contributed by atoms with Crippen molar-refractivity contribution in [2.24, 2.45) is 5.41 Å². The Morgan fingerprint density at radius 2 is 1.43 bits per heavy atom. The SMILES string of the molecule is CCCCCCCCOC(CCC(=O)OCCC1(CCO)CCN(CCCCn2ccnc2)CC1)OCCCCCCCC. The van der Waals surface area contributed by atoms with Crippen LogP contribution in [0.2, 0.25) is 0 Å². The summed E-state index contributed by atoms with van der Waals surface area (Å²) >= 11 is 0. The maximum Gasteiger partial charge on any atom is 0.305 e. The standard InChI is InChI=1S/C36H67N3O5/c1-3-5-7-9-11-15-30-43-35(44-31-16-12-10-8-6-4-2)18-17-34(41)42-32-22-36(21-29-40)19-26-38(27-20-36)24-13-14-25-39-28-23-37-33-39/h23,28,33,35,40H,3-22,24-27,29-32H2,1-2H3. The second-order valence-corrected chi connectivity index (χ2v) is 13.0. The lowest BCUT2D eigenvalue weighted by Crippen LogP contribution is -2.41. The molecule has 0 atom stereocenters. The number of hydrogen-bond acceptors (Lipinski definition) is 7. The maximum absolute atomic E-state index is 12.7. The predicted octanol–water partition coefficient (Wildman–Crippen LogP) is 7.92. The van der Waals surface area contributed by atoms with Crippen LogP contribution in [0.5, 0.6) is 0 Å². The molecule has 44 heavy (non-hydrogen) atoms. The van der Waals surface area contributed by atoms with E-state index < -0.39 is 0 Å². The van der Waals surface area contributed by atoms with Crippen molar-refractivity contribution in [3.8, 4) is 0 Å². The highest BCUT2D eigenvalue weighted by atomic mass is 16.7. The van der Waals surface area contributed by atoms with Crippen molar-refractivity contribution in [2.45, 2.75) is 155 Å². The molecule has 0 amide bonds. The van der Waals surface area contributed by atoms with E-state index in [4.69, 9.17) is 14.2 Å². The lowest BCUT2D eigenvalue weighted by atomic mass is 9.73. The van der Waals surface area contributed by atoms with E-state index in [0.717, 1.165) is 71.1 Å². The van der Waals surface area contributed by atoms with Crippen molar-refractivity contribution in [1.29, 1.82) is 0 Å². The smallest absolute Gasteiger partial charge is 0.305 e. The molecule has 0 saturated carbocycles. The number of carbonyl (C=O) groups excluding carboxylic acids is 1. The van der Waals surface area contributed by atoms with Gasteiger partial charge in [-0.1, -0.05) is 78.1 Å². The van der Waals surface area contributed by atoms with Gasteiger partial charge in [0.2, 0.25) is 0 Å². The van der Waals surface area contributed by atoms with Crippen LogP contribution in [-0.2, 0) is 25.5 Å². The van der Waals surface area contributed by atoms with Crippen molar-refractivity contribution in [3.05, 3.63) is 18.7 Å². The van der Waals surface area contributed by atoms with Gasteiger partial charge in [0.05, 0.1) is 19.4 Å². The van der Waals surface area contributed by atoms with E-state index in [1.807, 2.05) is 18.7 Å². The lowest BCUT2D eigenvalue weighted by molar-refractivity contribution is -0.160. The number of ether oxygens (including phenoxy) is 3. The fraction of sp³-hybridized carbons (Fsp3) is 0.889. The van der Waals surface area contributed by atoms with Crippen LogP contribution in [0.3, 0.4) is 0 Å². The minimum absolute atomic E-state index is 0.0609. The van der Waals surface area contributed by atoms with Gasteiger partial charge in [-0.15, -0.1) is 0 Å². The van der Waals surface area contributed by atoms with Gasteiger partial charge in [0, 0.05) is 45.2 Å². The molecule has 0 aromatic carbocycles. The zero-order chi connectivity index (χ0) is 31.6. The molecule has 1 N–H and O–H groups in total. The average Bonchev–Trinajstić information content (AvgIpc) is 3.55. The summed E-state index contributed by atoms with van der Waals surface area (Å²) in [5.74, 6) is -0.171. The summed E-state index contributed by atoms with van der Waals surface area (Å²) in [4.78, 5) is 19.4. The van der Waals surface area contributed by atoms with E-state index in [0.29, 0.717) is 32.7 Å². The Labute approximate surface area is 269 Å². The van der Waals surface area contributed by atoms with E-state index in [9.17, 15) is 9.90 Å². The molecule has 0 unspecified atom stereocenters. The van der Waals surface area contributed by atoms with Gasteiger partial charge >= 0.3 is 5.97 Å². The van der Waals surface area contributed by atoms with Gasteiger partial charge < -0.3 is 28.8 Å². The lowest BCUT2D eigenvalue weighted by Gasteiger charge is -2.42. The van der Waals surface area contributed by atoms with E-state index in [1.54, 1.807) is 0 Å². The molecule has 1 aliphatic rings. The second-order valence-electron chi connectivity index (χ2n) is 13.0. The molecule has 0 radical (unpaired) electrons. The first-order chi connectivity index (χ1) is 21.6. The molecule has 1 aromatic heterocycles. The Morgan fingerprint density at radius 3 is 2.02 bits per heavy atom. The summed E-state index contributed by atoms with van der Waals surface area (Å²) in [6.07, 6.45) is 27.0. The molecule has 1 fully saturated rings. The van der Waals surface area contributed by atoms with E-state index in [1.165, 1.54) is 70.6 Å². The van der Waals surface area contributed by atoms with Gasteiger partial charge in [0.1, 0.15) is 0 Å². The molecular formula is C36H67N3O5. The number of imidazole rings is 1. The van der Waals surface area contributed by atoms with Crippen LogP contribution in [0.15, 0.2) is 18.7 Å². The van der Waals surface area contributed by atoms with Crippen LogP contribution in [0.4, 0.5) is 0 Å². The first kappa shape index (κ1) is 38.7. The predicted molar refractivity (Wildman–Crippen MR) is 179 cm³/mol. The number of likely N-dealkylation sites (tertiary alicyclic amines) is 1. The highest BCUT2D eigenvalue weighted by Gasteiger charge is 2.34. The van der Waals surface area contributed by atoms with E-state index >= 15 is 0 Å². The number of aliphatic hydroxyl groups is 1. The minimum atomic E-state index is -0.334. The van der Waals surface area contributed by atoms with Gasteiger partial charge in [-0.3, -0.25) is 4.79 Å². The van der Waals surface area contributed by atoms with Crippen molar-refractivity contribution in [2.75, 3.05) is 46.1 Å². The number of nitrogens with zero attached hydrogens (tertiary/aromatic N) is 3. The molecule has 8 heteroatoms. The molecule has 1 saturated heterocycles. The van der Waals surface area contributed by atoms with Crippen molar-refractivity contribution < 1.29 is 24.1 Å². The minimum Gasteiger partial charge on any atom is -0.466 e. The molecule has 1 aliphatic heterocycles. The summed E-state index contributed by atoms with van der Waals surface area (Å²) in [6, 6.07) is 0. The third-order valence-corrected chi connectivity index (χ3v) is 9.34. The number of esters is 1. The molecule has 0 spiro atoms. The van der Waals surface area contributed by atoms with Gasteiger partial charge in [-0.05, 0) is 76.4 Å². The van der Waals surface area contributed by atoms with Crippen LogP contribution in [0, 0.1) is 5.41 Å². The highest BCUT2D eigenvalue weighted by Crippen LogP contribution is 2.38. The molecule has 2 heterocycles. The molecule has 256 valence electrons. The molecule has 8 nitrogen and oxygen atoms in total. The summed E-state index contributed by atoms with van der Waals surface area (Å²) in [6.45, 7) is 10.7. The van der Waals surface area contributed by atoms with Gasteiger partial charge in [0.15, 0.2) is 6.29 Å². The third-order valence-electron chi connectivity index (χ3n) is 9.34. The van der Waals surface area contributed by atoms with E-state index in [2.05, 4.69) is 28.3 Å². The topological polar surface area (TPSA) is 86.1 Å². The fourth-order valence-corrected chi connectivity index (χ4v) is 6.26. The normalized spacial score (nSPS) is 15.3. The Balaban J connectivity index is 1.65. The number of unbranched alkanes of at least 4 members (excludes halogenated alkanes) is 11. The van der Waals surface area contributed by atoms with Crippen LogP contribution in [-0.4, -0.2) is 77.9 Å². The Kier molecular flexibility index (Phi) is 22.6. The van der Waals surface area contributed by atoms with Crippen LogP contribution in [0.25, 0.3) is 0 Å². The molecular weight excluding hydrogens is 554 g/mol. The first-order valence-electron chi connectivity index (χ1n) is 18.3. The number of aliphatic hydroxyl groups excluding tert-OH is 1. The zero-order valence-electron chi connectivity index (χ0n) is 28.5. The third kappa shape index (κ3) is 18.5. The fourth-order valence-electron chi connectivity index (χ4n) is 6.26. The van der Waals surface area contributed by atoms with E-state index in [-0.39, 0.29) is 24.3 Å². The van der Waals surface area contributed by atoms with Gasteiger partial charge in [-0.25, -0.2) is 4.98 Å². The largest absolute Gasteiger partial charge is 0.466 e. The number of aryl methyl sites for hydroxylation is 1. The zero-order valence-corrected chi connectivity index (χ0v) is 28.5. The first-order valence-corrected chi connectivity index (χ1v) is 18.3. The molecule has 0 bridgehead atoms. The molecule has 1 aromatic rings. The number of hydrogen-bond donors (Lipinski definition) is 1. The van der Waals surface area contributed by atoms with Crippen molar-refractivity contribution in [1.82, 2.24) is 14.5 Å². The monoisotopic (exact) mass is 622 g/mol. The number of aromatic nitrogens is 2. The Morgan fingerprint density at radius 1 is 0.818 bits per heavy atom. The van der Waals surface area contributed by atoms with Gasteiger partial charge in [-0.2, -0.15) is 0 Å². The van der Waals surface area contributed by atoms with Crippen molar-refractivity contribution in [3.63, 3.8) is 0 Å². The second kappa shape index (κ2) is 25.7. The van der Waals surface area contributed by atoms with Crippen molar-refractivity contribution >= 4 is 5.97 Å². The summed E-state index contributed by atoms with van der Waals surface area (Å²) in [5.41, 5.74) is 0.0609.